The second kappa shape index (κ2) is 7.93. The van der Waals surface area contributed by atoms with Crippen LogP contribution in [0.4, 0.5) is 5.95 Å². The second-order valence-electron chi connectivity index (χ2n) is 7.26. The Morgan fingerprint density at radius 2 is 2.11 bits per heavy atom. The molecule has 0 radical (unpaired) electrons. The van der Waals surface area contributed by atoms with Crippen molar-refractivity contribution in [2.75, 3.05) is 18.4 Å². The number of fused-ring (bicyclic) bond motifs is 1. The summed E-state index contributed by atoms with van der Waals surface area (Å²) in [6.07, 6.45) is 3.82. The quantitative estimate of drug-likeness (QED) is 0.605. The molecule has 1 fully saturated rings. The van der Waals surface area contributed by atoms with Crippen LogP contribution in [0.1, 0.15) is 41.4 Å². The molecule has 2 aromatic heterocycles. The van der Waals surface area contributed by atoms with Gasteiger partial charge in [0.05, 0.1) is 5.69 Å². The van der Waals surface area contributed by atoms with E-state index < -0.39 is 0 Å². The van der Waals surface area contributed by atoms with Gasteiger partial charge < -0.3 is 5.32 Å². The summed E-state index contributed by atoms with van der Waals surface area (Å²) in [5.74, 6) is 0.838. The Kier molecular flexibility index (Phi) is 5.21. The molecular formula is C20H24N6O2. The van der Waals surface area contributed by atoms with Crippen LogP contribution in [0.2, 0.25) is 0 Å². The number of aryl methyl sites for hydroxylation is 1. The molecule has 0 aliphatic carbocycles. The maximum Gasteiger partial charge on any atom is 0.274 e. The molecule has 1 aromatic carbocycles. The Bertz CT molecular complexity index is 1030. The topological polar surface area (TPSA) is 104 Å². The molecule has 0 bridgehead atoms. The fourth-order valence-electron chi connectivity index (χ4n) is 3.56. The van der Waals surface area contributed by atoms with Crippen molar-refractivity contribution < 1.29 is 4.79 Å². The maximum absolute atomic E-state index is 12.5. The summed E-state index contributed by atoms with van der Waals surface area (Å²) in [4.78, 5) is 33.2. The van der Waals surface area contributed by atoms with Gasteiger partial charge in [-0.15, -0.1) is 0 Å². The van der Waals surface area contributed by atoms with Crippen LogP contribution >= 0.6 is 0 Å². The van der Waals surface area contributed by atoms with Gasteiger partial charge in [-0.3, -0.25) is 20.0 Å². The largest absolute Gasteiger partial charge is 0.316 e. The molecule has 3 aromatic rings. The third-order valence-electron chi connectivity index (χ3n) is 5.02. The van der Waals surface area contributed by atoms with Gasteiger partial charge in [0, 0.05) is 11.6 Å². The minimum absolute atomic E-state index is 0.198. The second-order valence-corrected chi connectivity index (χ2v) is 7.26. The van der Waals surface area contributed by atoms with Crippen LogP contribution in [0, 0.1) is 5.92 Å². The van der Waals surface area contributed by atoms with Crippen LogP contribution in [-0.2, 0) is 12.8 Å². The van der Waals surface area contributed by atoms with Gasteiger partial charge in [0.15, 0.2) is 0 Å². The number of carbonyl (C=O) groups is 1. The summed E-state index contributed by atoms with van der Waals surface area (Å²) in [6.45, 7) is 4.16. The van der Waals surface area contributed by atoms with E-state index in [-0.39, 0.29) is 23.2 Å². The number of nitrogens with one attached hydrogen (secondary N) is 3. The summed E-state index contributed by atoms with van der Waals surface area (Å²) >= 11 is 0. The number of benzene rings is 1. The van der Waals surface area contributed by atoms with E-state index in [1.54, 1.807) is 0 Å². The molecule has 8 nitrogen and oxygen atoms in total. The van der Waals surface area contributed by atoms with Crippen molar-refractivity contribution in [1.29, 1.82) is 0 Å². The fourth-order valence-corrected chi connectivity index (χ4v) is 3.56. The van der Waals surface area contributed by atoms with Crippen molar-refractivity contribution in [1.82, 2.24) is 24.9 Å². The Hall–Kier alpha value is -3.00. The maximum atomic E-state index is 12.5. The summed E-state index contributed by atoms with van der Waals surface area (Å²) in [6, 6.07) is 9.11. The highest BCUT2D eigenvalue weighted by atomic mass is 16.2. The average molecular weight is 380 g/mol. The zero-order valence-corrected chi connectivity index (χ0v) is 15.9. The highest BCUT2D eigenvalue weighted by molar-refractivity contribution is 6.03. The Labute approximate surface area is 162 Å². The van der Waals surface area contributed by atoms with Crippen LogP contribution in [0.15, 0.2) is 35.1 Å². The van der Waals surface area contributed by atoms with Crippen molar-refractivity contribution in [3.8, 4) is 0 Å². The highest BCUT2D eigenvalue weighted by Gasteiger charge is 2.16. The molecule has 1 unspecified atom stereocenters. The van der Waals surface area contributed by atoms with Gasteiger partial charge in [-0.1, -0.05) is 25.5 Å². The van der Waals surface area contributed by atoms with E-state index in [0.29, 0.717) is 23.6 Å². The molecule has 3 heterocycles. The van der Waals surface area contributed by atoms with Crippen LogP contribution in [0.5, 0.6) is 0 Å². The molecule has 0 spiro atoms. The van der Waals surface area contributed by atoms with E-state index in [0.717, 1.165) is 25.9 Å². The molecule has 0 saturated carbocycles. The van der Waals surface area contributed by atoms with Gasteiger partial charge in [0.1, 0.15) is 0 Å². The lowest BCUT2D eigenvalue weighted by Gasteiger charge is -2.08. The van der Waals surface area contributed by atoms with Gasteiger partial charge in [-0.2, -0.15) is 9.50 Å². The van der Waals surface area contributed by atoms with Gasteiger partial charge in [-0.25, -0.2) is 4.98 Å². The van der Waals surface area contributed by atoms with Gasteiger partial charge in [0.25, 0.3) is 17.2 Å². The molecule has 1 atom stereocenters. The first-order valence-electron chi connectivity index (χ1n) is 9.72. The van der Waals surface area contributed by atoms with Crippen LogP contribution in [-0.4, -0.2) is 38.6 Å². The lowest BCUT2D eigenvalue weighted by Crippen LogP contribution is -2.16. The van der Waals surface area contributed by atoms with Crippen molar-refractivity contribution in [2.45, 2.75) is 32.6 Å². The first kappa shape index (κ1) is 18.4. The summed E-state index contributed by atoms with van der Waals surface area (Å²) in [5, 5.41) is 8.86. The Morgan fingerprint density at radius 3 is 2.82 bits per heavy atom. The number of amides is 1. The molecule has 28 heavy (non-hydrogen) atoms. The molecular weight excluding hydrogens is 356 g/mol. The molecule has 1 saturated heterocycles. The number of rotatable bonds is 6. The number of carbonyl (C=O) groups excluding carboxylic acids is 1. The third-order valence-corrected chi connectivity index (χ3v) is 5.02. The van der Waals surface area contributed by atoms with Crippen molar-refractivity contribution in [3.05, 3.63) is 57.5 Å². The fraction of sp³-hybridized carbons (Fsp3) is 0.400. The standard InChI is InChI=1S/C20H24N6O2/c1-2-3-16-11-17(27)26-20(22-16)24-19(25-26)23-18(28)15-6-4-13(5-7-15)10-14-8-9-21-12-14/h4-7,11,14,21H,2-3,8-10,12H2,1H3,(H2,22,23,24,25,28). The van der Waals surface area contributed by atoms with Crippen molar-refractivity contribution >= 4 is 17.6 Å². The highest BCUT2D eigenvalue weighted by Crippen LogP contribution is 2.16. The van der Waals surface area contributed by atoms with E-state index in [2.05, 4.69) is 25.7 Å². The molecule has 3 N–H and O–H groups in total. The van der Waals surface area contributed by atoms with Gasteiger partial charge >= 0.3 is 0 Å². The lowest BCUT2D eigenvalue weighted by atomic mass is 9.98. The minimum Gasteiger partial charge on any atom is -0.316 e. The third kappa shape index (κ3) is 3.96. The number of hydrogen-bond acceptors (Lipinski definition) is 5. The zero-order valence-electron chi connectivity index (χ0n) is 15.9. The number of aromatic amines is 1. The van der Waals surface area contributed by atoms with E-state index in [9.17, 15) is 9.59 Å². The van der Waals surface area contributed by atoms with Gasteiger partial charge in [-0.05, 0) is 56.0 Å². The molecule has 1 aliphatic rings. The number of nitrogens with zero attached hydrogens (tertiary/aromatic N) is 3. The van der Waals surface area contributed by atoms with Crippen LogP contribution < -0.4 is 16.2 Å². The molecule has 1 amide bonds. The SMILES string of the molecule is CCCc1cc(=O)n2[nH]c(NC(=O)c3ccc(CC4CCNC4)cc3)nc2n1. The van der Waals surface area contributed by atoms with Crippen molar-refractivity contribution in [3.63, 3.8) is 0 Å². The molecule has 8 heteroatoms. The average Bonchev–Trinajstić information content (AvgIpc) is 3.32. The van der Waals surface area contributed by atoms with E-state index in [1.807, 2.05) is 31.2 Å². The number of hydrogen-bond donors (Lipinski definition) is 3. The van der Waals surface area contributed by atoms with E-state index >= 15 is 0 Å². The Balaban J connectivity index is 1.46. The monoisotopic (exact) mass is 380 g/mol. The van der Waals surface area contributed by atoms with E-state index in [1.165, 1.54) is 22.6 Å². The summed E-state index contributed by atoms with van der Waals surface area (Å²) in [5.41, 5.74) is 2.23. The van der Waals surface area contributed by atoms with E-state index in [4.69, 9.17) is 0 Å². The first-order chi connectivity index (χ1) is 13.6. The number of aromatic nitrogens is 4. The normalized spacial score (nSPS) is 16.5. The summed E-state index contributed by atoms with van der Waals surface area (Å²) < 4.78 is 1.23. The zero-order chi connectivity index (χ0) is 19.5. The predicted molar refractivity (Wildman–Crippen MR) is 107 cm³/mol. The summed E-state index contributed by atoms with van der Waals surface area (Å²) in [7, 11) is 0. The lowest BCUT2D eigenvalue weighted by molar-refractivity contribution is 0.102. The number of anilines is 1. The Morgan fingerprint density at radius 1 is 1.29 bits per heavy atom. The van der Waals surface area contributed by atoms with Crippen LogP contribution in [0.25, 0.3) is 5.78 Å². The first-order valence-corrected chi connectivity index (χ1v) is 9.72. The minimum atomic E-state index is -0.282. The molecule has 4 rings (SSSR count). The molecule has 1 aliphatic heterocycles. The number of H-pyrrole nitrogens is 1. The van der Waals surface area contributed by atoms with Crippen LogP contribution in [0.3, 0.4) is 0 Å². The molecule has 146 valence electrons. The predicted octanol–water partition coefficient (Wildman–Crippen LogP) is 1.77. The van der Waals surface area contributed by atoms with Crippen molar-refractivity contribution in [2.24, 2.45) is 5.92 Å². The van der Waals surface area contributed by atoms with Gasteiger partial charge in [0.2, 0.25) is 5.95 Å². The smallest absolute Gasteiger partial charge is 0.274 e.